The summed E-state index contributed by atoms with van der Waals surface area (Å²) in [6.07, 6.45) is 0. The van der Waals surface area contributed by atoms with Crippen LogP contribution in [0.2, 0.25) is 0 Å². The maximum absolute atomic E-state index is 12.7. The van der Waals surface area contributed by atoms with E-state index in [9.17, 15) is 4.79 Å². The van der Waals surface area contributed by atoms with Gasteiger partial charge in [0, 0.05) is 16.7 Å². The van der Waals surface area contributed by atoms with Gasteiger partial charge < -0.3 is 11.2 Å². The first-order valence-electron chi connectivity index (χ1n) is 10.3. The first kappa shape index (κ1) is 22.3. The number of anilines is 1. The summed E-state index contributed by atoms with van der Waals surface area (Å²) in [5.74, 6) is 6.68. The molecule has 0 saturated heterocycles. The van der Waals surface area contributed by atoms with Crippen LogP contribution in [0.25, 0.3) is 20.8 Å². The summed E-state index contributed by atoms with van der Waals surface area (Å²) in [4.78, 5) is 17.4. The molecule has 1 atom stereocenters. The predicted octanol–water partition coefficient (Wildman–Crippen LogP) is 4.99. The lowest BCUT2D eigenvalue weighted by Gasteiger charge is -2.17. The molecule has 4 rings (SSSR count). The van der Waals surface area contributed by atoms with Crippen molar-refractivity contribution in [3.05, 3.63) is 53.9 Å². The largest absolute Gasteiger partial charge is 0.336 e. The van der Waals surface area contributed by atoms with Crippen molar-refractivity contribution >= 4 is 44.9 Å². The van der Waals surface area contributed by atoms with E-state index in [1.807, 2.05) is 58.0 Å². The van der Waals surface area contributed by atoms with Gasteiger partial charge in [-0.25, -0.2) is 9.66 Å². The molecular weight excluding hydrogens is 440 g/mol. The molecule has 0 saturated carbocycles. The molecule has 4 aromatic rings. The van der Waals surface area contributed by atoms with Crippen molar-refractivity contribution < 1.29 is 4.79 Å². The molecule has 166 valence electrons. The van der Waals surface area contributed by atoms with Crippen molar-refractivity contribution in [2.45, 2.75) is 50.4 Å². The van der Waals surface area contributed by atoms with E-state index in [2.05, 4.69) is 34.6 Å². The number of nitrogens with two attached hydrogens (primary N) is 1. The second-order valence-electron chi connectivity index (χ2n) is 8.74. The van der Waals surface area contributed by atoms with E-state index in [0.717, 1.165) is 21.8 Å². The molecule has 0 fully saturated rings. The van der Waals surface area contributed by atoms with Gasteiger partial charge in [-0.1, -0.05) is 38.6 Å². The van der Waals surface area contributed by atoms with Gasteiger partial charge in [0.1, 0.15) is 5.01 Å². The topological polar surface area (TPSA) is 98.7 Å². The molecule has 0 bridgehead atoms. The van der Waals surface area contributed by atoms with Crippen LogP contribution < -0.4 is 11.2 Å². The van der Waals surface area contributed by atoms with Gasteiger partial charge in [0.05, 0.1) is 15.5 Å². The maximum Gasteiger partial charge on any atom is 0.237 e. The molecule has 0 aliphatic carbocycles. The second-order valence-corrected chi connectivity index (χ2v) is 11.1. The molecule has 0 spiro atoms. The minimum atomic E-state index is -0.388. The minimum absolute atomic E-state index is 0.126. The van der Waals surface area contributed by atoms with E-state index in [-0.39, 0.29) is 16.6 Å². The fourth-order valence-corrected chi connectivity index (χ4v) is 5.02. The van der Waals surface area contributed by atoms with Crippen molar-refractivity contribution in [1.29, 1.82) is 0 Å². The number of aryl methyl sites for hydroxylation is 1. The summed E-state index contributed by atoms with van der Waals surface area (Å²) in [6, 6.07) is 14.0. The molecule has 0 radical (unpaired) electrons. The van der Waals surface area contributed by atoms with Crippen LogP contribution in [0.1, 0.15) is 39.1 Å². The highest BCUT2D eigenvalue weighted by molar-refractivity contribution is 8.00. The van der Waals surface area contributed by atoms with Gasteiger partial charge in [-0.05, 0) is 55.8 Å². The third kappa shape index (κ3) is 4.63. The number of thioether (sulfide) groups is 1. The Morgan fingerprint density at radius 1 is 1.16 bits per heavy atom. The summed E-state index contributed by atoms with van der Waals surface area (Å²) in [5.41, 5.74) is 3.75. The fraction of sp³-hybridized carbons (Fsp3) is 0.304. The first-order valence-corrected chi connectivity index (χ1v) is 12.0. The molecule has 1 amide bonds. The fourth-order valence-electron chi connectivity index (χ4n) is 3.18. The Hall–Kier alpha value is -2.91. The van der Waals surface area contributed by atoms with Crippen molar-refractivity contribution in [3.63, 3.8) is 0 Å². The number of carbonyl (C=O) groups is 1. The summed E-state index contributed by atoms with van der Waals surface area (Å²) in [7, 11) is 0. The molecule has 0 aliphatic rings. The van der Waals surface area contributed by atoms with E-state index in [1.54, 1.807) is 11.3 Å². The van der Waals surface area contributed by atoms with Crippen LogP contribution in [0, 0.1) is 6.92 Å². The average Bonchev–Trinajstić information content (AvgIpc) is 3.31. The molecule has 3 N–H and O–H groups in total. The monoisotopic (exact) mass is 466 g/mol. The smallest absolute Gasteiger partial charge is 0.237 e. The van der Waals surface area contributed by atoms with Crippen LogP contribution in [0.3, 0.4) is 0 Å². The van der Waals surface area contributed by atoms with E-state index in [1.165, 1.54) is 26.7 Å². The number of hydrogen-bond acceptors (Lipinski definition) is 7. The Labute approximate surface area is 195 Å². The Kier molecular flexibility index (Phi) is 5.96. The number of nitrogens with zero attached hydrogens (tertiary/aromatic N) is 4. The number of rotatable bonds is 5. The van der Waals surface area contributed by atoms with Gasteiger partial charge in [0.25, 0.3) is 0 Å². The molecule has 2 heterocycles. The Balaban J connectivity index is 1.42. The lowest BCUT2D eigenvalue weighted by Crippen LogP contribution is -2.26. The van der Waals surface area contributed by atoms with E-state index >= 15 is 0 Å². The van der Waals surface area contributed by atoms with Crippen LogP contribution >= 0.6 is 23.1 Å². The number of nitrogen functional groups attached to an aromatic ring is 1. The van der Waals surface area contributed by atoms with Crippen LogP contribution in [0.15, 0.2) is 47.6 Å². The summed E-state index contributed by atoms with van der Waals surface area (Å²) < 4.78 is 2.63. The molecule has 0 aliphatic heterocycles. The standard InChI is InChI=1S/C23H26N6OS2/c1-13-6-11-17-18(12-13)32-20(26-17)15-7-9-16(10-8-15)25-19(30)14(2)31-22-28-27-21(29(22)24)23(3,4)5/h6-12,14H,24H2,1-5H3,(H,25,30)/t14-/m0/s1. The highest BCUT2D eigenvalue weighted by Gasteiger charge is 2.25. The predicted molar refractivity (Wildman–Crippen MR) is 133 cm³/mol. The zero-order chi connectivity index (χ0) is 23.0. The lowest BCUT2D eigenvalue weighted by molar-refractivity contribution is -0.115. The third-order valence-corrected chi connectivity index (χ3v) is 7.05. The van der Waals surface area contributed by atoms with Gasteiger partial charge in [0.2, 0.25) is 11.1 Å². The van der Waals surface area contributed by atoms with E-state index in [4.69, 9.17) is 10.8 Å². The van der Waals surface area contributed by atoms with E-state index in [0.29, 0.717) is 11.0 Å². The maximum atomic E-state index is 12.7. The summed E-state index contributed by atoms with van der Waals surface area (Å²) >= 11 is 2.95. The Bertz CT molecular complexity index is 1270. The van der Waals surface area contributed by atoms with Gasteiger partial charge in [-0.15, -0.1) is 21.5 Å². The lowest BCUT2D eigenvalue weighted by atomic mass is 9.96. The number of hydrogen-bond donors (Lipinski definition) is 2. The number of thiazole rings is 1. The second kappa shape index (κ2) is 8.55. The normalized spacial score (nSPS) is 12.8. The van der Waals surface area contributed by atoms with E-state index < -0.39 is 0 Å². The third-order valence-electron chi connectivity index (χ3n) is 4.93. The molecule has 0 unspecified atom stereocenters. The zero-order valence-electron chi connectivity index (χ0n) is 18.7. The zero-order valence-corrected chi connectivity index (χ0v) is 20.3. The van der Waals surface area contributed by atoms with Gasteiger partial charge in [-0.3, -0.25) is 4.79 Å². The van der Waals surface area contributed by atoms with Crippen molar-refractivity contribution in [1.82, 2.24) is 19.9 Å². The minimum Gasteiger partial charge on any atom is -0.336 e. The SMILES string of the molecule is Cc1ccc2nc(-c3ccc(NC(=O)[C@H](C)Sc4nnc(C(C)(C)C)n4N)cc3)sc2c1. The molecule has 9 heteroatoms. The molecule has 32 heavy (non-hydrogen) atoms. The number of carbonyl (C=O) groups excluding carboxylic acids is 1. The Morgan fingerprint density at radius 3 is 2.53 bits per heavy atom. The number of benzene rings is 2. The quantitative estimate of drug-likeness (QED) is 0.317. The van der Waals surface area contributed by atoms with Crippen molar-refractivity contribution in [2.24, 2.45) is 0 Å². The van der Waals surface area contributed by atoms with Crippen molar-refractivity contribution in [3.8, 4) is 10.6 Å². The Morgan fingerprint density at radius 2 is 1.88 bits per heavy atom. The summed E-state index contributed by atoms with van der Waals surface area (Å²) in [5, 5.41) is 12.4. The van der Waals surface area contributed by atoms with Crippen LogP contribution in [0.4, 0.5) is 5.69 Å². The van der Waals surface area contributed by atoms with Crippen molar-refractivity contribution in [2.75, 3.05) is 11.2 Å². The highest BCUT2D eigenvalue weighted by Crippen LogP contribution is 2.31. The van der Waals surface area contributed by atoms with Gasteiger partial charge in [-0.2, -0.15) is 0 Å². The molecule has 2 aromatic carbocycles. The van der Waals surface area contributed by atoms with Crippen LogP contribution in [-0.4, -0.2) is 31.0 Å². The van der Waals surface area contributed by atoms with Crippen LogP contribution in [-0.2, 0) is 10.2 Å². The van der Waals surface area contributed by atoms with Gasteiger partial charge in [0.15, 0.2) is 5.82 Å². The summed E-state index contributed by atoms with van der Waals surface area (Å²) in [6.45, 7) is 9.96. The number of amides is 1. The molecule has 7 nitrogen and oxygen atoms in total. The number of aromatic nitrogens is 4. The van der Waals surface area contributed by atoms with Gasteiger partial charge >= 0.3 is 0 Å². The average molecular weight is 467 g/mol. The number of nitrogens with one attached hydrogen (secondary N) is 1. The first-order chi connectivity index (χ1) is 15.1. The number of fused-ring (bicyclic) bond motifs is 1. The highest BCUT2D eigenvalue weighted by atomic mass is 32.2. The molecule has 2 aromatic heterocycles. The van der Waals surface area contributed by atoms with Crippen LogP contribution in [0.5, 0.6) is 0 Å². The molecular formula is C23H26N6OS2.